The molecule has 92 valence electrons. The molecule has 0 atom stereocenters. The molecule has 0 aromatic heterocycles. The van der Waals surface area contributed by atoms with Gasteiger partial charge in [-0.25, -0.2) is 0 Å². The van der Waals surface area contributed by atoms with Crippen molar-refractivity contribution in [2.24, 2.45) is 0 Å². The Labute approximate surface area is 104 Å². The maximum atomic E-state index is 11.1. The molecular weight excluding hydrogens is 256 g/mol. The zero-order valence-electron chi connectivity index (χ0n) is 9.28. The quantitative estimate of drug-likeness (QED) is 0.652. The molecule has 6 nitrogen and oxygen atoms in total. The molecule has 0 amide bonds. The van der Waals surface area contributed by atoms with E-state index in [2.05, 4.69) is 0 Å². The Bertz CT molecular complexity index is 662. The van der Waals surface area contributed by atoms with Crippen LogP contribution in [0.5, 0.6) is 5.75 Å². The average molecular weight is 264 g/mol. The maximum Gasteiger partial charge on any atom is 0.298 e. The lowest BCUT2D eigenvalue weighted by Crippen LogP contribution is -2.01. The van der Waals surface area contributed by atoms with Gasteiger partial charge in [0.2, 0.25) is 0 Å². The molecule has 0 aliphatic carbocycles. The number of nitriles is 2. The number of benzene rings is 1. The molecule has 18 heavy (non-hydrogen) atoms. The van der Waals surface area contributed by atoms with Crippen LogP contribution in [0.4, 0.5) is 0 Å². The van der Waals surface area contributed by atoms with Crippen LogP contribution in [0.15, 0.2) is 28.7 Å². The van der Waals surface area contributed by atoms with E-state index in [0.717, 1.165) is 6.07 Å². The third kappa shape index (κ3) is 3.08. The number of ether oxygens (including phenoxy) is 1. The van der Waals surface area contributed by atoms with Gasteiger partial charge < -0.3 is 4.74 Å². The van der Waals surface area contributed by atoms with Gasteiger partial charge in [-0.15, -0.1) is 0 Å². The zero-order chi connectivity index (χ0) is 13.8. The summed E-state index contributed by atoms with van der Waals surface area (Å²) in [6, 6.07) is 7.18. The Morgan fingerprint density at radius 3 is 2.44 bits per heavy atom. The Hall–Kier alpha value is -2.35. The summed E-state index contributed by atoms with van der Waals surface area (Å²) in [6.07, 6.45) is 1.20. The van der Waals surface area contributed by atoms with Crippen LogP contribution in [0.25, 0.3) is 6.08 Å². The van der Waals surface area contributed by atoms with Gasteiger partial charge in [-0.1, -0.05) is 6.07 Å². The molecule has 1 N–H and O–H groups in total. The van der Waals surface area contributed by atoms with E-state index < -0.39 is 15.0 Å². The fraction of sp³-hybridized carbons (Fsp3) is 0.0909. The van der Waals surface area contributed by atoms with E-state index in [1.165, 1.54) is 25.3 Å². The molecule has 0 saturated heterocycles. The van der Waals surface area contributed by atoms with Crippen LogP contribution >= 0.6 is 0 Å². The van der Waals surface area contributed by atoms with Crippen molar-refractivity contribution in [3.05, 3.63) is 29.3 Å². The third-order valence-electron chi connectivity index (χ3n) is 2.02. The van der Waals surface area contributed by atoms with Gasteiger partial charge in [-0.2, -0.15) is 18.9 Å². The first-order chi connectivity index (χ1) is 8.42. The third-order valence-corrected chi connectivity index (χ3v) is 2.89. The molecule has 1 rings (SSSR count). The number of nitrogens with zero attached hydrogens (tertiary/aromatic N) is 2. The topological polar surface area (TPSA) is 111 Å². The van der Waals surface area contributed by atoms with E-state index in [0.29, 0.717) is 5.56 Å². The first-order valence-electron chi connectivity index (χ1n) is 4.60. The monoisotopic (exact) mass is 264 g/mol. The normalized spacial score (nSPS) is 10.0. The summed E-state index contributed by atoms with van der Waals surface area (Å²) >= 11 is 0. The van der Waals surface area contributed by atoms with Gasteiger partial charge in [0.25, 0.3) is 10.1 Å². The van der Waals surface area contributed by atoms with Crippen LogP contribution < -0.4 is 4.74 Å². The lowest BCUT2D eigenvalue weighted by atomic mass is 10.1. The van der Waals surface area contributed by atoms with Crippen molar-refractivity contribution in [2.45, 2.75) is 4.90 Å². The molecule has 0 fully saturated rings. The van der Waals surface area contributed by atoms with Gasteiger partial charge in [0, 0.05) is 0 Å². The molecule has 0 radical (unpaired) electrons. The second kappa shape index (κ2) is 5.32. The largest absolute Gasteiger partial charge is 0.495 e. The van der Waals surface area contributed by atoms with Gasteiger partial charge in [0.1, 0.15) is 28.4 Å². The summed E-state index contributed by atoms with van der Waals surface area (Å²) in [5.41, 5.74) is 0.114. The van der Waals surface area contributed by atoms with Gasteiger partial charge in [0.05, 0.1) is 7.11 Å². The minimum absolute atomic E-state index is 0.0230. The molecule has 7 heteroatoms. The smallest absolute Gasteiger partial charge is 0.298 e. The fourth-order valence-electron chi connectivity index (χ4n) is 1.24. The Morgan fingerprint density at radius 1 is 1.39 bits per heavy atom. The van der Waals surface area contributed by atoms with Crippen LogP contribution in [-0.4, -0.2) is 20.1 Å². The summed E-state index contributed by atoms with van der Waals surface area (Å²) in [4.78, 5) is -0.422. The highest BCUT2D eigenvalue weighted by atomic mass is 32.2. The Balaban J connectivity index is 3.43. The van der Waals surface area contributed by atoms with E-state index in [-0.39, 0.29) is 11.3 Å². The highest BCUT2D eigenvalue weighted by Crippen LogP contribution is 2.25. The molecule has 0 aliphatic heterocycles. The predicted molar refractivity (Wildman–Crippen MR) is 62.0 cm³/mol. The predicted octanol–water partition coefficient (Wildman–Crippen LogP) is 1.37. The van der Waals surface area contributed by atoms with Crippen molar-refractivity contribution >= 4 is 16.2 Å². The molecule has 1 aromatic rings. The zero-order valence-corrected chi connectivity index (χ0v) is 10.1. The molecule has 0 spiro atoms. The highest BCUT2D eigenvalue weighted by Gasteiger charge is 2.16. The number of allylic oxidation sites excluding steroid dienone is 1. The lowest BCUT2D eigenvalue weighted by molar-refractivity contribution is 0.397. The first-order valence-corrected chi connectivity index (χ1v) is 6.04. The van der Waals surface area contributed by atoms with Crippen molar-refractivity contribution in [3.63, 3.8) is 0 Å². The number of hydrogen-bond donors (Lipinski definition) is 1. The van der Waals surface area contributed by atoms with Gasteiger partial charge in [-0.05, 0) is 23.8 Å². The molecular formula is C11H8N2O4S. The average Bonchev–Trinajstić information content (AvgIpc) is 2.34. The van der Waals surface area contributed by atoms with E-state index in [1.807, 2.05) is 0 Å². The van der Waals surface area contributed by atoms with E-state index in [1.54, 1.807) is 12.1 Å². The Morgan fingerprint density at radius 2 is 2.00 bits per heavy atom. The van der Waals surface area contributed by atoms with E-state index >= 15 is 0 Å². The molecule has 0 saturated carbocycles. The molecule has 0 aliphatic rings. The SMILES string of the molecule is COc1ccc(C=C(C#N)C#N)cc1S(=O)(=O)O. The second-order valence-electron chi connectivity index (χ2n) is 3.17. The molecule has 0 heterocycles. The maximum absolute atomic E-state index is 11.1. The lowest BCUT2D eigenvalue weighted by Gasteiger charge is -2.06. The summed E-state index contributed by atoms with van der Waals surface area (Å²) in [5, 5.41) is 17.2. The van der Waals surface area contributed by atoms with Crippen LogP contribution in [0.1, 0.15) is 5.56 Å². The minimum atomic E-state index is -4.44. The summed E-state index contributed by atoms with van der Waals surface area (Å²) in [5.74, 6) is -0.0230. The van der Waals surface area contributed by atoms with Gasteiger partial charge >= 0.3 is 0 Å². The fourth-order valence-corrected chi connectivity index (χ4v) is 1.93. The standard InChI is InChI=1S/C11H8N2O4S/c1-17-10-3-2-8(4-9(6-12)7-13)5-11(10)18(14,15)16/h2-5H,1H3,(H,14,15,16). The highest BCUT2D eigenvalue weighted by molar-refractivity contribution is 7.86. The Kier molecular flexibility index (Phi) is 4.05. The molecule has 0 unspecified atom stereocenters. The van der Waals surface area contributed by atoms with Crippen LogP contribution in [0, 0.1) is 22.7 Å². The number of methoxy groups -OCH3 is 1. The van der Waals surface area contributed by atoms with Crippen molar-refractivity contribution in [1.82, 2.24) is 0 Å². The molecule has 0 bridgehead atoms. The summed E-state index contributed by atoms with van der Waals surface area (Å²) in [6.45, 7) is 0. The summed E-state index contributed by atoms with van der Waals surface area (Å²) in [7, 11) is -3.18. The van der Waals surface area contributed by atoms with Crippen LogP contribution in [0.2, 0.25) is 0 Å². The second-order valence-corrected chi connectivity index (χ2v) is 4.56. The summed E-state index contributed by atoms with van der Waals surface area (Å²) < 4.78 is 36.0. The first kappa shape index (κ1) is 13.7. The van der Waals surface area contributed by atoms with Gasteiger partial charge in [-0.3, -0.25) is 4.55 Å². The van der Waals surface area contributed by atoms with Crippen molar-refractivity contribution < 1.29 is 17.7 Å². The van der Waals surface area contributed by atoms with E-state index in [9.17, 15) is 8.42 Å². The minimum Gasteiger partial charge on any atom is -0.495 e. The van der Waals surface area contributed by atoms with E-state index in [4.69, 9.17) is 19.8 Å². The van der Waals surface area contributed by atoms with Crippen molar-refractivity contribution in [1.29, 1.82) is 10.5 Å². The molecule has 1 aromatic carbocycles. The van der Waals surface area contributed by atoms with Crippen molar-refractivity contribution in [2.75, 3.05) is 7.11 Å². The van der Waals surface area contributed by atoms with Crippen LogP contribution in [-0.2, 0) is 10.1 Å². The van der Waals surface area contributed by atoms with Gasteiger partial charge in [0.15, 0.2) is 0 Å². The van der Waals surface area contributed by atoms with Crippen LogP contribution in [0.3, 0.4) is 0 Å². The van der Waals surface area contributed by atoms with Crippen molar-refractivity contribution in [3.8, 4) is 17.9 Å². The number of hydrogen-bond acceptors (Lipinski definition) is 5. The number of rotatable bonds is 3.